The summed E-state index contributed by atoms with van der Waals surface area (Å²) in [6.45, 7) is 4.92. The van der Waals surface area contributed by atoms with Crippen LogP contribution in [0.5, 0.6) is 0 Å². The molecule has 0 atom stereocenters. The largest absolute Gasteiger partial charge is 0.326 e. The first-order chi connectivity index (χ1) is 7.20. The number of thiophene rings is 1. The Kier molecular flexibility index (Phi) is 2.89. The second kappa shape index (κ2) is 4.17. The molecule has 1 aromatic heterocycles. The quantitative estimate of drug-likeness (QED) is 0.818. The van der Waals surface area contributed by atoms with E-state index >= 15 is 0 Å². The van der Waals surface area contributed by atoms with Crippen molar-refractivity contribution in [1.29, 1.82) is 0 Å². The topological polar surface area (TPSA) is 26.0 Å². The average Bonchev–Trinajstić information content (AvgIpc) is 2.70. The average molecular weight is 217 g/mol. The van der Waals surface area contributed by atoms with Gasteiger partial charge in [0.2, 0.25) is 0 Å². The van der Waals surface area contributed by atoms with Crippen LogP contribution in [0, 0.1) is 13.8 Å². The van der Waals surface area contributed by atoms with Crippen LogP contribution in [0.1, 0.15) is 16.0 Å². The molecule has 2 aromatic rings. The molecular formula is C13H15NS. The Morgan fingerprint density at radius 2 is 1.87 bits per heavy atom. The Morgan fingerprint density at radius 3 is 2.47 bits per heavy atom. The molecule has 0 spiro atoms. The van der Waals surface area contributed by atoms with Crippen molar-refractivity contribution in [1.82, 2.24) is 0 Å². The van der Waals surface area contributed by atoms with Crippen LogP contribution in [0.2, 0.25) is 0 Å². The van der Waals surface area contributed by atoms with Gasteiger partial charge in [-0.1, -0.05) is 18.2 Å². The molecule has 0 radical (unpaired) electrons. The molecule has 2 rings (SSSR count). The van der Waals surface area contributed by atoms with Crippen LogP contribution in [-0.4, -0.2) is 0 Å². The molecule has 0 fully saturated rings. The van der Waals surface area contributed by atoms with Gasteiger partial charge < -0.3 is 5.73 Å². The fourth-order valence-electron chi connectivity index (χ4n) is 1.54. The van der Waals surface area contributed by atoms with Gasteiger partial charge in [0.15, 0.2) is 0 Å². The van der Waals surface area contributed by atoms with Crippen LogP contribution in [0.25, 0.3) is 10.4 Å². The van der Waals surface area contributed by atoms with Crippen molar-refractivity contribution in [3.05, 3.63) is 46.3 Å². The maximum absolute atomic E-state index is 5.61. The van der Waals surface area contributed by atoms with Crippen LogP contribution in [0.4, 0.5) is 0 Å². The summed E-state index contributed by atoms with van der Waals surface area (Å²) in [5.41, 5.74) is 9.58. The SMILES string of the molecule is Cc1ccc(-c2ccc(CN)s2)cc1C. The monoisotopic (exact) mass is 217 g/mol. The lowest BCUT2D eigenvalue weighted by Crippen LogP contribution is -1.91. The highest BCUT2D eigenvalue weighted by molar-refractivity contribution is 7.15. The van der Waals surface area contributed by atoms with Gasteiger partial charge in [-0.15, -0.1) is 11.3 Å². The number of hydrogen-bond acceptors (Lipinski definition) is 2. The number of benzene rings is 1. The first kappa shape index (κ1) is 10.4. The molecule has 0 saturated heterocycles. The second-order valence-electron chi connectivity index (χ2n) is 3.77. The number of hydrogen-bond donors (Lipinski definition) is 1. The first-order valence-electron chi connectivity index (χ1n) is 5.07. The third-order valence-corrected chi connectivity index (χ3v) is 3.81. The fourth-order valence-corrected chi connectivity index (χ4v) is 2.42. The maximum atomic E-state index is 5.61. The first-order valence-corrected chi connectivity index (χ1v) is 5.89. The van der Waals surface area contributed by atoms with Crippen molar-refractivity contribution in [3.8, 4) is 10.4 Å². The minimum atomic E-state index is 0.634. The zero-order valence-corrected chi connectivity index (χ0v) is 9.90. The van der Waals surface area contributed by atoms with Crippen molar-refractivity contribution in [3.63, 3.8) is 0 Å². The number of rotatable bonds is 2. The molecule has 78 valence electrons. The molecular weight excluding hydrogens is 202 g/mol. The minimum absolute atomic E-state index is 0.634. The zero-order chi connectivity index (χ0) is 10.8. The van der Waals surface area contributed by atoms with Gasteiger partial charge in [0, 0.05) is 16.3 Å². The fraction of sp³-hybridized carbons (Fsp3) is 0.231. The lowest BCUT2D eigenvalue weighted by atomic mass is 10.1. The molecule has 1 aromatic carbocycles. The normalized spacial score (nSPS) is 10.6. The summed E-state index contributed by atoms with van der Waals surface area (Å²) in [4.78, 5) is 2.54. The van der Waals surface area contributed by atoms with E-state index in [2.05, 4.69) is 44.2 Å². The van der Waals surface area contributed by atoms with Gasteiger partial charge in [-0.3, -0.25) is 0 Å². The van der Waals surface area contributed by atoms with Crippen LogP contribution < -0.4 is 5.73 Å². The summed E-state index contributed by atoms with van der Waals surface area (Å²) in [5.74, 6) is 0. The minimum Gasteiger partial charge on any atom is -0.326 e. The highest BCUT2D eigenvalue weighted by Crippen LogP contribution is 2.29. The Balaban J connectivity index is 2.40. The summed E-state index contributed by atoms with van der Waals surface area (Å²) in [7, 11) is 0. The summed E-state index contributed by atoms with van der Waals surface area (Å²) < 4.78 is 0. The van der Waals surface area contributed by atoms with E-state index in [0.717, 1.165) is 0 Å². The second-order valence-corrected chi connectivity index (χ2v) is 4.94. The molecule has 0 aliphatic rings. The van der Waals surface area contributed by atoms with E-state index < -0.39 is 0 Å². The van der Waals surface area contributed by atoms with Crippen molar-refractivity contribution < 1.29 is 0 Å². The Morgan fingerprint density at radius 1 is 1.07 bits per heavy atom. The number of aryl methyl sites for hydroxylation is 2. The van der Waals surface area contributed by atoms with Crippen molar-refractivity contribution in [2.45, 2.75) is 20.4 Å². The van der Waals surface area contributed by atoms with Crippen LogP contribution in [-0.2, 0) is 6.54 Å². The molecule has 0 amide bonds. The van der Waals surface area contributed by atoms with Crippen molar-refractivity contribution >= 4 is 11.3 Å². The summed E-state index contributed by atoms with van der Waals surface area (Å²) in [6, 6.07) is 10.8. The highest BCUT2D eigenvalue weighted by Gasteiger charge is 2.02. The summed E-state index contributed by atoms with van der Waals surface area (Å²) >= 11 is 1.78. The molecule has 1 nitrogen and oxygen atoms in total. The Hall–Kier alpha value is -1.12. The molecule has 0 saturated carbocycles. The van der Waals surface area contributed by atoms with Gasteiger partial charge in [0.1, 0.15) is 0 Å². The lowest BCUT2D eigenvalue weighted by molar-refractivity contribution is 1.11. The zero-order valence-electron chi connectivity index (χ0n) is 9.08. The van der Waals surface area contributed by atoms with E-state index in [1.54, 1.807) is 11.3 Å². The molecule has 2 N–H and O–H groups in total. The standard InChI is InChI=1S/C13H15NS/c1-9-3-4-11(7-10(9)2)13-6-5-12(8-14)15-13/h3-7H,8,14H2,1-2H3. The van der Waals surface area contributed by atoms with E-state index in [-0.39, 0.29) is 0 Å². The predicted molar refractivity (Wildman–Crippen MR) is 67.1 cm³/mol. The predicted octanol–water partition coefficient (Wildman–Crippen LogP) is 3.49. The molecule has 2 heteroatoms. The van der Waals surface area contributed by atoms with Gasteiger partial charge in [-0.25, -0.2) is 0 Å². The molecule has 0 aliphatic heterocycles. The van der Waals surface area contributed by atoms with Crippen molar-refractivity contribution in [2.24, 2.45) is 5.73 Å². The summed E-state index contributed by atoms with van der Waals surface area (Å²) in [5, 5.41) is 0. The molecule has 0 unspecified atom stereocenters. The molecule has 15 heavy (non-hydrogen) atoms. The third kappa shape index (κ3) is 2.11. The smallest absolute Gasteiger partial charge is 0.0346 e. The van der Waals surface area contributed by atoms with Gasteiger partial charge in [-0.2, -0.15) is 0 Å². The third-order valence-electron chi connectivity index (χ3n) is 2.65. The molecule has 0 aliphatic carbocycles. The van der Waals surface area contributed by atoms with Gasteiger partial charge in [-0.05, 0) is 42.7 Å². The van der Waals surface area contributed by atoms with E-state index in [0.29, 0.717) is 6.54 Å². The van der Waals surface area contributed by atoms with E-state index in [1.807, 2.05) is 0 Å². The van der Waals surface area contributed by atoms with Crippen LogP contribution in [0.3, 0.4) is 0 Å². The lowest BCUT2D eigenvalue weighted by Gasteiger charge is -2.02. The Labute approximate surface area is 94.6 Å². The Bertz CT molecular complexity index is 471. The number of nitrogens with two attached hydrogens (primary N) is 1. The van der Waals surface area contributed by atoms with Crippen molar-refractivity contribution in [2.75, 3.05) is 0 Å². The van der Waals surface area contributed by atoms with Crippen LogP contribution >= 0.6 is 11.3 Å². The molecule has 0 bridgehead atoms. The maximum Gasteiger partial charge on any atom is 0.0346 e. The van der Waals surface area contributed by atoms with E-state index in [1.165, 1.54) is 26.4 Å². The van der Waals surface area contributed by atoms with E-state index in [4.69, 9.17) is 5.73 Å². The van der Waals surface area contributed by atoms with Gasteiger partial charge in [0.25, 0.3) is 0 Å². The van der Waals surface area contributed by atoms with E-state index in [9.17, 15) is 0 Å². The highest BCUT2D eigenvalue weighted by atomic mass is 32.1. The van der Waals surface area contributed by atoms with Gasteiger partial charge >= 0.3 is 0 Å². The van der Waals surface area contributed by atoms with Gasteiger partial charge in [0.05, 0.1) is 0 Å². The summed E-state index contributed by atoms with van der Waals surface area (Å²) in [6.07, 6.45) is 0. The van der Waals surface area contributed by atoms with Crippen LogP contribution in [0.15, 0.2) is 30.3 Å². The molecule has 1 heterocycles.